The smallest absolute Gasteiger partial charge is 0.244 e. The number of halogens is 1. The minimum absolute atomic E-state index is 0.0468. The third-order valence-corrected chi connectivity index (χ3v) is 6.90. The van der Waals surface area contributed by atoms with Crippen LogP contribution in [0.2, 0.25) is 5.02 Å². The first-order valence-electron chi connectivity index (χ1n) is 11.2. The molecule has 7 nitrogen and oxygen atoms in total. The molecule has 0 aromatic heterocycles. The molecule has 0 spiro atoms. The molecule has 0 aliphatic rings. The Kier molecular flexibility index (Phi) is 9.53. The highest BCUT2D eigenvalue weighted by atomic mass is 35.5. The van der Waals surface area contributed by atoms with Crippen LogP contribution in [-0.4, -0.2) is 50.0 Å². The maximum absolute atomic E-state index is 13.6. The average molecular weight is 508 g/mol. The van der Waals surface area contributed by atoms with E-state index < -0.39 is 28.5 Å². The Morgan fingerprint density at radius 3 is 2.12 bits per heavy atom. The first-order chi connectivity index (χ1) is 15.8. The van der Waals surface area contributed by atoms with Gasteiger partial charge in [0, 0.05) is 17.6 Å². The minimum atomic E-state index is -3.79. The molecule has 0 fully saturated rings. The fourth-order valence-corrected chi connectivity index (χ4v) is 4.66. The van der Waals surface area contributed by atoms with E-state index in [0.717, 1.165) is 16.1 Å². The predicted molar refractivity (Wildman–Crippen MR) is 137 cm³/mol. The van der Waals surface area contributed by atoms with Crippen LogP contribution in [0, 0.1) is 0 Å². The Bertz CT molecular complexity index is 1120. The molecule has 2 aromatic carbocycles. The summed E-state index contributed by atoms with van der Waals surface area (Å²) in [5.74, 6) is -0.787. The van der Waals surface area contributed by atoms with Crippen LogP contribution in [0.5, 0.6) is 0 Å². The molecular formula is C25H34ClN3O4S. The summed E-state index contributed by atoms with van der Waals surface area (Å²) in [4.78, 5) is 27.8. The zero-order chi connectivity index (χ0) is 25.6. The molecule has 1 atom stereocenters. The highest BCUT2D eigenvalue weighted by Crippen LogP contribution is 2.29. The molecule has 9 heteroatoms. The number of nitrogens with one attached hydrogen (secondary N) is 1. The number of anilines is 1. The standard InChI is InChI=1S/C25H34ClN3O4S/c1-17(2)21-12-8-10-14-23(21)29(34(6,32)33)16-24(30)28(19(5)25(31)27-18(3)4)15-20-11-7-9-13-22(20)26/h7-14,17-19H,15-16H2,1-6H3,(H,27,31). The van der Waals surface area contributed by atoms with Crippen LogP contribution >= 0.6 is 11.6 Å². The molecule has 0 saturated heterocycles. The van der Waals surface area contributed by atoms with E-state index in [1.54, 1.807) is 43.3 Å². The van der Waals surface area contributed by atoms with Gasteiger partial charge in [-0.2, -0.15) is 0 Å². The van der Waals surface area contributed by atoms with Crippen LogP contribution in [-0.2, 0) is 26.2 Å². The van der Waals surface area contributed by atoms with Crippen LogP contribution < -0.4 is 9.62 Å². The van der Waals surface area contributed by atoms with Gasteiger partial charge in [0.05, 0.1) is 11.9 Å². The van der Waals surface area contributed by atoms with Crippen molar-refractivity contribution in [2.45, 2.75) is 59.2 Å². The summed E-state index contributed by atoms with van der Waals surface area (Å²) < 4.78 is 26.7. The van der Waals surface area contributed by atoms with Gasteiger partial charge in [-0.15, -0.1) is 0 Å². The highest BCUT2D eigenvalue weighted by Gasteiger charge is 2.31. The molecule has 2 amide bonds. The number of carbonyl (C=O) groups is 2. The molecule has 0 bridgehead atoms. The highest BCUT2D eigenvalue weighted by molar-refractivity contribution is 7.92. The molecule has 2 aromatic rings. The van der Waals surface area contributed by atoms with Crippen molar-refractivity contribution in [3.63, 3.8) is 0 Å². The topological polar surface area (TPSA) is 86.8 Å². The van der Waals surface area contributed by atoms with Crippen molar-refractivity contribution in [2.75, 3.05) is 17.1 Å². The van der Waals surface area contributed by atoms with Crippen molar-refractivity contribution in [1.29, 1.82) is 0 Å². The largest absolute Gasteiger partial charge is 0.352 e. The number of amides is 2. The summed E-state index contributed by atoms with van der Waals surface area (Å²) in [6.07, 6.45) is 1.07. The average Bonchev–Trinajstić information content (AvgIpc) is 2.75. The molecule has 0 aliphatic carbocycles. The third-order valence-electron chi connectivity index (χ3n) is 5.40. The fourth-order valence-electron chi connectivity index (χ4n) is 3.60. The fraction of sp³-hybridized carbons (Fsp3) is 0.440. The van der Waals surface area contributed by atoms with Crippen molar-refractivity contribution in [3.8, 4) is 0 Å². The molecule has 0 saturated carbocycles. The lowest BCUT2D eigenvalue weighted by molar-refractivity contribution is -0.139. The number of hydrogen-bond donors (Lipinski definition) is 1. The van der Waals surface area contributed by atoms with Gasteiger partial charge in [0.2, 0.25) is 21.8 Å². The van der Waals surface area contributed by atoms with Gasteiger partial charge < -0.3 is 10.2 Å². The second kappa shape index (κ2) is 11.7. The molecule has 186 valence electrons. The molecule has 1 unspecified atom stereocenters. The summed E-state index contributed by atoms with van der Waals surface area (Å²) in [5, 5.41) is 3.28. The zero-order valence-electron chi connectivity index (χ0n) is 20.6. The van der Waals surface area contributed by atoms with E-state index in [9.17, 15) is 18.0 Å². The zero-order valence-corrected chi connectivity index (χ0v) is 22.2. The van der Waals surface area contributed by atoms with Crippen molar-refractivity contribution in [1.82, 2.24) is 10.2 Å². The van der Waals surface area contributed by atoms with Gasteiger partial charge in [0.25, 0.3) is 0 Å². The summed E-state index contributed by atoms with van der Waals surface area (Å²) in [6.45, 7) is 8.84. The lowest BCUT2D eigenvalue weighted by atomic mass is 10.0. The number of benzene rings is 2. The quantitative estimate of drug-likeness (QED) is 0.523. The maximum atomic E-state index is 13.6. The molecule has 34 heavy (non-hydrogen) atoms. The van der Waals surface area contributed by atoms with Gasteiger partial charge in [-0.25, -0.2) is 8.42 Å². The Morgan fingerprint density at radius 2 is 1.56 bits per heavy atom. The minimum Gasteiger partial charge on any atom is -0.352 e. The number of nitrogens with zero attached hydrogens (tertiary/aromatic N) is 2. The van der Waals surface area contributed by atoms with Crippen molar-refractivity contribution < 1.29 is 18.0 Å². The van der Waals surface area contributed by atoms with Gasteiger partial charge >= 0.3 is 0 Å². The Hall–Kier alpha value is -2.58. The first kappa shape index (κ1) is 27.7. The normalized spacial score (nSPS) is 12.5. The van der Waals surface area contributed by atoms with Gasteiger partial charge in [0.1, 0.15) is 12.6 Å². The van der Waals surface area contributed by atoms with Crippen molar-refractivity contribution in [3.05, 3.63) is 64.7 Å². The molecule has 0 heterocycles. The SMILES string of the molecule is CC(C)NC(=O)C(C)N(Cc1ccccc1Cl)C(=O)CN(c1ccccc1C(C)C)S(C)(=O)=O. The van der Waals surface area contributed by atoms with Gasteiger partial charge in [-0.1, -0.05) is 61.8 Å². The van der Waals surface area contributed by atoms with Crippen LogP contribution in [0.15, 0.2) is 48.5 Å². The number of para-hydroxylation sites is 1. The van der Waals surface area contributed by atoms with Crippen LogP contribution in [0.3, 0.4) is 0 Å². The second-order valence-corrected chi connectivity index (χ2v) is 11.2. The molecule has 0 aliphatic heterocycles. The van der Waals surface area contributed by atoms with E-state index in [4.69, 9.17) is 11.6 Å². The lowest BCUT2D eigenvalue weighted by Crippen LogP contribution is -2.52. The second-order valence-electron chi connectivity index (χ2n) is 8.94. The number of hydrogen-bond acceptors (Lipinski definition) is 4. The van der Waals surface area contributed by atoms with E-state index in [-0.39, 0.29) is 24.4 Å². The third kappa shape index (κ3) is 7.21. The van der Waals surface area contributed by atoms with Crippen molar-refractivity contribution >= 4 is 39.1 Å². The van der Waals surface area contributed by atoms with E-state index in [1.807, 2.05) is 39.8 Å². The lowest BCUT2D eigenvalue weighted by Gasteiger charge is -2.32. The monoisotopic (exact) mass is 507 g/mol. The molecule has 0 radical (unpaired) electrons. The first-order valence-corrected chi connectivity index (χ1v) is 13.5. The summed E-state index contributed by atoms with van der Waals surface area (Å²) in [6, 6.07) is 13.2. The number of carbonyl (C=O) groups excluding carboxylic acids is 2. The summed E-state index contributed by atoms with van der Waals surface area (Å²) in [7, 11) is -3.79. The van der Waals surface area contributed by atoms with Crippen LogP contribution in [0.25, 0.3) is 0 Å². The Morgan fingerprint density at radius 1 is 0.971 bits per heavy atom. The molecule has 2 rings (SSSR count). The van der Waals surface area contributed by atoms with Crippen molar-refractivity contribution in [2.24, 2.45) is 0 Å². The van der Waals surface area contributed by atoms with Gasteiger partial charge in [-0.3, -0.25) is 13.9 Å². The van der Waals surface area contributed by atoms with Crippen LogP contribution in [0.1, 0.15) is 51.7 Å². The Balaban J connectivity index is 2.47. The van der Waals surface area contributed by atoms with Gasteiger partial charge in [-0.05, 0) is 49.9 Å². The molecule has 1 N–H and O–H groups in total. The maximum Gasteiger partial charge on any atom is 0.244 e. The molecular weight excluding hydrogens is 474 g/mol. The van der Waals surface area contributed by atoms with E-state index in [1.165, 1.54) is 4.90 Å². The summed E-state index contributed by atoms with van der Waals surface area (Å²) in [5.41, 5.74) is 1.92. The summed E-state index contributed by atoms with van der Waals surface area (Å²) >= 11 is 6.33. The van der Waals surface area contributed by atoms with E-state index in [2.05, 4.69) is 5.32 Å². The van der Waals surface area contributed by atoms with Crippen LogP contribution in [0.4, 0.5) is 5.69 Å². The predicted octanol–water partition coefficient (Wildman–Crippen LogP) is 4.17. The van der Waals surface area contributed by atoms with E-state index >= 15 is 0 Å². The Labute approximate surface area is 208 Å². The number of rotatable bonds is 10. The number of sulfonamides is 1. The van der Waals surface area contributed by atoms with Gasteiger partial charge in [0.15, 0.2) is 0 Å². The van der Waals surface area contributed by atoms with E-state index in [0.29, 0.717) is 16.3 Å².